The summed E-state index contributed by atoms with van der Waals surface area (Å²) in [4.78, 5) is 4.95. The van der Waals surface area contributed by atoms with Gasteiger partial charge in [-0.2, -0.15) is 0 Å². The van der Waals surface area contributed by atoms with E-state index in [1.807, 2.05) is 0 Å². The van der Waals surface area contributed by atoms with E-state index in [1.54, 1.807) is 5.56 Å². The zero-order valence-electron chi connectivity index (χ0n) is 14.0. The standard InChI is InChI=1S/C21H26N2/c1-15-20(19-13-7-8-14-22-19)21(16-9-3-2-4-10-16)17-11-5-6-12-18(17)23-15/h2-3,5-6,11-12,16,19,22H,4,7-10,13-14H2,1H3. The van der Waals surface area contributed by atoms with Crippen molar-refractivity contribution in [1.29, 1.82) is 0 Å². The Bertz CT molecular complexity index is 726. The first-order chi connectivity index (χ1) is 11.3. The van der Waals surface area contributed by atoms with Crippen molar-refractivity contribution in [3.63, 3.8) is 0 Å². The Hall–Kier alpha value is -1.67. The van der Waals surface area contributed by atoms with Crippen LogP contribution >= 0.6 is 0 Å². The van der Waals surface area contributed by atoms with Gasteiger partial charge >= 0.3 is 0 Å². The van der Waals surface area contributed by atoms with Crippen LogP contribution in [0.15, 0.2) is 36.4 Å². The lowest BCUT2D eigenvalue weighted by Crippen LogP contribution is -2.29. The molecule has 2 aliphatic rings. The fraction of sp³-hybridized carbons (Fsp3) is 0.476. The zero-order valence-corrected chi connectivity index (χ0v) is 14.0. The van der Waals surface area contributed by atoms with E-state index in [0.29, 0.717) is 12.0 Å². The van der Waals surface area contributed by atoms with Crippen molar-refractivity contribution in [1.82, 2.24) is 10.3 Å². The Kier molecular flexibility index (Phi) is 4.17. The van der Waals surface area contributed by atoms with E-state index >= 15 is 0 Å². The second-order valence-electron chi connectivity index (χ2n) is 7.03. The van der Waals surface area contributed by atoms with Crippen molar-refractivity contribution in [3.8, 4) is 0 Å². The molecule has 23 heavy (non-hydrogen) atoms. The molecule has 2 aromatic rings. The van der Waals surface area contributed by atoms with Gasteiger partial charge in [0.25, 0.3) is 0 Å². The van der Waals surface area contributed by atoms with Crippen molar-refractivity contribution in [3.05, 3.63) is 53.2 Å². The Balaban J connectivity index is 1.91. The quantitative estimate of drug-likeness (QED) is 0.773. The lowest BCUT2D eigenvalue weighted by atomic mass is 9.79. The smallest absolute Gasteiger partial charge is 0.0708 e. The minimum atomic E-state index is 0.488. The molecule has 2 atom stereocenters. The van der Waals surface area contributed by atoms with Crippen molar-refractivity contribution in [2.24, 2.45) is 0 Å². The van der Waals surface area contributed by atoms with Crippen molar-refractivity contribution < 1.29 is 0 Å². The maximum atomic E-state index is 4.95. The highest BCUT2D eigenvalue weighted by molar-refractivity contribution is 5.84. The highest BCUT2D eigenvalue weighted by Crippen LogP contribution is 2.40. The molecule has 120 valence electrons. The molecule has 1 saturated heterocycles. The first-order valence-electron chi connectivity index (χ1n) is 9.12. The Labute approximate surface area is 139 Å². The van der Waals surface area contributed by atoms with Gasteiger partial charge in [0, 0.05) is 17.1 Å². The molecule has 1 fully saturated rings. The fourth-order valence-corrected chi connectivity index (χ4v) is 4.41. The molecule has 0 amide bonds. The number of hydrogen-bond donors (Lipinski definition) is 1. The van der Waals surface area contributed by atoms with E-state index in [9.17, 15) is 0 Å². The summed E-state index contributed by atoms with van der Waals surface area (Å²) < 4.78 is 0. The number of fused-ring (bicyclic) bond motifs is 1. The molecule has 1 aromatic carbocycles. The summed E-state index contributed by atoms with van der Waals surface area (Å²) in [6, 6.07) is 9.21. The number of rotatable bonds is 2. The maximum Gasteiger partial charge on any atom is 0.0708 e. The number of nitrogens with one attached hydrogen (secondary N) is 1. The Morgan fingerprint density at radius 3 is 2.74 bits per heavy atom. The average Bonchev–Trinajstić information content (AvgIpc) is 2.62. The van der Waals surface area contributed by atoms with Gasteiger partial charge in [0.2, 0.25) is 0 Å². The summed E-state index contributed by atoms with van der Waals surface area (Å²) in [5.74, 6) is 0.644. The number of piperidine rings is 1. The average molecular weight is 306 g/mol. The van der Waals surface area contributed by atoms with Gasteiger partial charge in [-0.3, -0.25) is 4.98 Å². The SMILES string of the molecule is Cc1nc2ccccc2c(C2CC=CCC2)c1C1CCCCN1. The summed E-state index contributed by atoms with van der Waals surface area (Å²) in [6.07, 6.45) is 12.2. The summed E-state index contributed by atoms with van der Waals surface area (Å²) in [7, 11) is 0. The molecular weight excluding hydrogens is 280 g/mol. The number of aromatic nitrogens is 1. The van der Waals surface area contributed by atoms with Crippen LogP contribution in [0.4, 0.5) is 0 Å². The van der Waals surface area contributed by atoms with E-state index in [2.05, 4.69) is 48.7 Å². The summed E-state index contributed by atoms with van der Waals surface area (Å²) >= 11 is 0. The van der Waals surface area contributed by atoms with E-state index in [1.165, 1.54) is 55.2 Å². The molecule has 2 nitrogen and oxygen atoms in total. The van der Waals surface area contributed by atoms with E-state index < -0.39 is 0 Å². The van der Waals surface area contributed by atoms with Crippen LogP contribution in [0.3, 0.4) is 0 Å². The van der Waals surface area contributed by atoms with Crippen LogP contribution in [0, 0.1) is 6.92 Å². The zero-order chi connectivity index (χ0) is 15.6. The third kappa shape index (κ3) is 2.81. The number of para-hydroxylation sites is 1. The number of nitrogens with zero attached hydrogens (tertiary/aromatic N) is 1. The van der Waals surface area contributed by atoms with Crippen LogP contribution in [-0.4, -0.2) is 11.5 Å². The third-order valence-electron chi connectivity index (χ3n) is 5.50. The molecule has 2 heterocycles. The summed E-state index contributed by atoms with van der Waals surface area (Å²) in [5, 5.41) is 5.14. The second-order valence-corrected chi connectivity index (χ2v) is 7.03. The van der Waals surface area contributed by atoms with Crippen LogP contribution in [-0.2, 0) is 0 Å². The maximum absolute atomic E-state index is 4.95. The number of pyridine rings is 1. The third-order valence-corrected chi connectivity index (χ3v) is 5.50. The highest BCUT2D eigenvalue weighted by Gasteiger charge is 2.26. The molecule has 2 unspecified atom stereocenters. The molecule has 1 N–H and O–H groups in total. The summed E-state index contributed by atoms with van der Waals surface area (Å²) in [5.41, 5.74) is 5.47. The largest absolute Gasteiger partial charge is 0.310 e. The predicted octanol–water partition coefficient (Wildman–Crippen LogP) is 5.18. The number of aryl methyl sites for hydroxylation is 1. The predicted molar refractivity (Wildman–Crippen MR) is 96.8 cm³/mol. The van der Waals surface area contributed by atoms with Crippen LogP contribution in [0.25, 0.3) is 10.9 Å². The van der Waals surface area contributed by atoms with E-state index in [0.717, 1.165) is 12.1 Å². The lowest BCUT2D eigenvalue weighted by molar-refractivity contribution is 0.406. The number of allylic oxidation sites excluding steroid dienone is 2. The highest BCUT2D eigenvalue weighted by atomic mass is 14.9. The molecule has 1 aliphatic heterocycles. The number of hydrogen-bond acceptors (Lipinski definition) is 2. The van der Waals surface area contributed by atoms with Gasteiger partial charge in [-0.1, -0.05) is 36.8 Å². The van der Waals surface area contributed by atoms with Gasteiger partial charge in [-0.25, -0.2) is 0 Å². The van der Waals surface area contributed by atoms with Crippen molar-refractivity contribution >= 4 is 10.9 Å². The monoisotopic (exact) mass is 306 g/mol. The van der Waals surface area contributed by atoms with Crippen molar-refractivity contribution in [2.75, 3.05) is 6.54 Å². The van der Waals surface area contributed by atoms with Gasteiger partial charge < -0.3 is 5.32 Å². The minimum absolute atomic E-state index is 0.488. The topological polar surface area (TPSA) is 24.9 Å². The van der Waals surface area contributed by atoms with Crippen LogP contribution in [0.5, 0.6) is 0 Å². The Morgan fingerprint density at radius 2 is 1.96 bits per heavy atom. The normalized spacial score (nSPS) is 24.9. The van der Waals surface area contributed by atoms with E-state index in [4.69, 9.17) is 4.98 Å². The first-order valence-corrected chi connectivity index (χ1v) is 9.12. The second kappa shape index (κ2) is 6.45. The molecule has 0 saturated carbocycles. The summed E-state index contributed by atoms with van der Waals surface area (Å²) in [6.45, 7) is 3.35. The van der Waals surface area contributed by atoms with Crippen molar-refractivity contribution in [2.45, 2.75) is 57.4 Å². The molecular formula is C21H26N2. The molecule has 0 spiro atoms. The van der Waals surface area contributed by atoms with Gasteiger partial charge in [0.15, 0.2) is 0 Å². The van der Waals surface area contributed by atoms with Crippen LogP contribution in [0.1, 0.15) is 67.3 Å². The molecule has 2 heteroatoms. The molecule has 4 rings (SSSR count). The molecule has 1 aliphatic carbocycles. The van der Waals surface area contributed by atoms with Gasteiger partial charge in [0.1, 0.15) is 0 Å². The number of benzene rings is 1. The lowest BCUT2D eigenvalue weighted by Gasteiger charge is -2.31. The minimum Gasteiger partial charge on any atom is -0.310 e. The molecule has 0 radical (unpaired) electrons. The fourth-order valence-electron chi connectivity index (χ4n) is 4.41. The Morgan fingerprint density at radius 1 is 1.04 bits per heavy atom. The van der Waals surface area contributed by atoms with Crippen LogP contribution in [0.2, 0.25) is 0 Å². The molecule has 0 bridgehead atoms. The molecule has 1 aromatic heterocycles. The van der Waals surface area contributed by atoms with Gasteiger partial charge in [0.05, 0.1) is 5.52 Å². The van der Waals surface area contributed by atoms with E-state index in [-0.39, 0.29) is 0 Å². The van der Waals surface area contributed by atoms with Gasteiger partial charge in [-0.15, -0.1) is 0 Å². The van der Waals surface area contributed by atoms with Crippen LogP contribution < -0.4 is 5.32 Å². The first kappa shape index (κ1) is 14.9. The van der Waals surface area contributed by atoms with Gasteiger partial charge in [-0.05, 0) is 68.7 Å².